The number of rotatable bonds is 15. The van der Waals surface area contributed by atoms with Gasteiger partial charge in [0.25, 0.3) is 5.91 Å². The molecule has 0 aliphatic rings. The maximum absolute atomic E-state index is 13.8. The number of carbonyl (C=O) groups is 2. The van der Waals surface area contributed by atoms with E-state index in [1.165, 1.54) is 0 Å². The number of aromatic nitrogens is 2. The molecule has 0 saturated heterocycles. The van der Waals surface area contributed by atoms with E-state index in [4.69, 9.17) is 14.6 Å². The number of nitrogens with zero attached hydrogens (tertiary/aromatic N) is 2. The van der Waals surface area contributed by atoms with Crippen LogP contribution in [0.5, 0.6) is 11.6 Å². The first-order valence-corrected chi connectivity index (χ1v) is 13.3. The number of hydrogen-bond acceptors (Lipinski definition) is 8. The fraction of sp³-hybridized carbons (Fsp3) is 0.310. The highest BCUT2D eigenvalue weighted by Gasteiger charge is 2.34. The van der Waals surface area contributed by atoms with E-state index >= 15 is 0 Å². The number of carboxylic acids is 1. The standard InChI is InChI=1S/C29H27F5N4O6/c30-22-11-17(12-23(31)26(22)44-29(32,33)34)14-35-6-1-2-8-42-9-10-43-28-20-5-7-36-15-21(20)19-4-3-18(13-24(19)38-28)27(41)37-16-25(39)40/h3-5,7,11-13,15,35H,1-2,6,8-10,14,16H2,(H,37,41)(H,39,40). The van der Waals surface area contributed by atoms with Crippen LogP contribution >= 0.6 is 0 Å². The molecule has 0 radical (unpaired) electrons. The van der Waals surface area contributed by atoms with Crippen LogP contribution in [0.4, 0.5) is 22.0 Å². The van der Waals surface area contributed by atoms with Crippen molar-refractivity contribution in [3.05, 3.63) is 71.6 Å². The van der Waals surface area contributed by atoms with E-state index in [2.05, 4.69) is 25.3 Å². The zero-order chi connectivity index (χ0) is 31.7. The molecule has 3 N–H and O–H groups in total. The van der Waals surface area contributed by atoms with Crippen molar-refractivity contribution in [1.82, 2.24) is 20.6 Å². The minimum absolute atomic E-state index is 0.0472. The van der Waals surface area contributed by atoms with Gasteiger partial charge in [-0.1, -0.05) is 6.07 Å². The number of alkyl halides is 3. The lowest BCUT2D eigenvalue weighted by atomic mass is 10.1. The summed E-state index contributed by atoms with van der Waals surface area (Å²) in [7, 11) is 0. The molecule has 1 amide bonds. The van der Waals surface area contributed by atoms with E-state index < -0.39 is 42.2 Å². The van der Waals surface area contributed by atoms with Gasteiger partial charge in [-0.2, -0.15) is 0 Å². The minimum atomic E-state index is -5.20. The number of pyridine rings is 2. The Balaban J connectivity index is 1.21. The van der Waals surface area contributed by atoms with E-state index in [1.54, 1.807) is 36.7 Å². The quantitative estimate of drug-likeness (QED) is 0.0978. The zero-order valence-corrected chi connectivity index (χ0v) is 23.0. The lowest BCUT2D eigenvalue weighted by Gasteiger charge is -2.12. The van der Waals surface area contributed by atoms with Crippen molar-refractivity contribution in [2.45, 2.75) is 25.7 Å². The van der Waals surface area contributed by atoms with E-state index in [-0.39, 0.29) is 30.9 Å². The number of amides is 1. The van der Waals surface area contributed by atoms with Crippen molar-refractivity contribution < 1.29 is 50.9 Å². The summed E-state index contributed by atoms with van der Waals surface area (Å²) in [5, 5.41) is 16.3. The number of nitrogens with one attached hydrogen (secondary N) is 2. The number of aliphatic carboxylic acids is 1. The van der Waals surface area contributed by atoms with Gasteiger partial charge in [-0.15, -0.1) is 13.2 Å². The van der Waals surface area contributed by atoms with Crippen molar-refractivity contribution in [1.29, 1.82) is 0 Å². The van der Waals surface area contributed by atoms with Crippen molar-refractivity contribution >= 4 is 33.6 Å². The van der Waals surface area contributed by atoms with Gasteiger partial charge in [0, 0.05) is 47.3 Å². The maximum atomic E-state index is 13.8. The minimum Gasteiger partial charge on any atom is -0.480 e. The second kappa shape index (κ2) is 14.7. The lowest BCUT2D eigenvalue weighted by Crippen LogP contribution is -2.29. The summed E-state index contributed by atoms with van der Waals surface area (Å²) in [5.41, 5.74) is 0.838. The van der Waals surface area contributed by atoms with Crippen LogP contribution in [0.2, 0.25) is 0 Å². The molecule has 0 saturated carbocycles. The van der Waals surface area contributed by atoms with Gasteiger partial charge in [0.1, 0.15) is 13.2 Å². The molecule has 4 rings (SSSR count). The zero-order valence-electron chi connectivity index (χ0n) is 23.0. The predicted molar refractivity (Wildman–Crippen MR) is 147 cm³/mol. The summed E-state index contributed by atoms with van der Waals surface area (Å²) >= 11 is 0. The SMILES string of the molecule is O=C(O)CNC(=O)c1ccc2c(c1)nc(OCCOCCCCNCc1cc(F)c(OC(F)(F)F)c(F)c1)c1ccncc12. The van der Waals surface area contributed by atoms with Crippen LogP contribution in [0.25, 0.3) is 21.7 Å². The van der Waals surface area contributed by atoms with Crippen LogP contribution in [0.3, 0.4) is 0 Å². The second-order valence-electron chi connectivity index (χ2n) is 9.43. The molecule has 0 spiro atoms. The molecule has 0 fully saturated rings. The molecule has 4 aromatic rings. The van der Waals surface area contributed by atoms with Crippen LogP contribution in [0.1, 0.15) is 28.8 Å². The third-order valence-corrected chi connectivity index (χ3v) is 6.19. The van der Waals surface area contributed by atoms with E-state index in [0.29, 0.717) is 42.8 Å². The van der Waals surface area contributed by atoms with Crippen LogP contribution in [-0.2, 0) is 16.1 Å². The monoisotopic (exact) mass is 622 g/mol. The highest BCUT2D eigenvalue weighted by Crippen LogP contribution is 2.31. The maximum Gasteiger partial charge on any atom is 0.573 e. The fourth-order valence-corrected chi connectivity index (χ4v) is 4.24. The second-order valence-corrected chi connectivity index (χ2v) is 9.43. The Hall–Kier alpha value is -4.63. The molecule has 15 heteroatoms. The Morgan fingerprint density at radius 2 is 1.70 bits per heavy atom. The van der Waals surface area contributed by atoms with Crippen molar-refractivity contribution in [3.63, 3.8) is 0 Å². The average Bonchev–Trinajstić information content (AvgIpc) is 2.98. The molecule has 0 bridgehead atoms. The Bertz CT molecular complexity index is 1610. The number of unbranched alkanes of at least 4 members (excludes halogenated alkanes) is 1. The molecule has 0 atom stereocenters. The molecule has 0 unspecified atom stereocenters. The Morgan fingerprint density at radius 1 is 0.932 bits per heavy atom. The molecule has 2 heterocycles. The summed E-state index contributed by atoms with van der Waals surface area (Å²) in [4.78, 5) is 31.8. The molecule has 2 aromatic heterocycles. The fourth-order valence-electron chi connectivity index (χ4n) is 4.24. The van der Waals surface area contributed by atoms with Crippen molar-refractivity contribution in [3.8, 4) is 11.6 Å². The van der Waals surface area contributed by atoms with Crippen LogP contribution in [0.15, 0.2) is 48.8 Å². The summed E-state index contributed by atoms with van der Waals surface area (Å²) < 4.78 is 79.3. The lowest BCUT2D eigenvalue weighted by molar-refractivity contribution is -0.276. The molecule has 234 valence electrons. The normalized spacial score (nSPS) is 11.6. The third-order valence-electron chi connectivity index (χ3n) is 6.19. The van der Waals surface area contributed by atoms with E-state index in [0.717, 1.165) is 22.9 Å². The number of carboxylic acid groups (broad SMARTS) is 1. The summed E-state index contributed by atoms with van der Waals surface area (Å²) in [5.74, 6) is -5.77. The van der Waals surface area contributed by atoms with Gasteiger partial charge >= 0.3 is 12.3 Å². The van der Waals surface area contributed by atoms with Crippen LogP contribution < -0.4 is 20.1 Å². The Kier molecular flexibility index (Phi) is 10.8. The molecule has 0 aliphatic carbocycles. The first-order valence-electron chi connectivity index (χ1n) is 13.3. The first kappa shape index (κ1) is 32.3. The van der Waals surface area contributed by atoms with E-state index in [9.17, 15) is 31.5 Å². The number of carbonyl (C=O) groups excluding carboxylic acids is 1. The summed E-state index contributed by atoms with van der Waals surface area (Å²) in [6, 6.07) is 8.15. The molecule has 10 nitrogen and oxygen atoms in total. The molecular formula is C29H27F5N4O6. The highest BCUT2D eigenvalue weighted by atomic mass is 19.4. The first-order chi connectivity index (χ1) is 21.0. The largest absolute Gasteiger partial charge is 0.573 e. The van der Waals surface area contributed by atoms with Crippen LogP contribution in [0, 0.1) is 11.6 Å². The number of hydrogen-bond donors (Lipinski definition) is 3. The molecule has 0 aliphatic heterocycles. The van der Waals surface area contributed by atoms with Gasteiger partial charge in [-0.25, -0.2) is 13.8 Å². The van der Waals surface area contributed by atoms with Crippen molar-refractivity contribution in [2.24, 2.45) is 0 Å². The smallest absolute Gasteiger partial charge is 0.480 e. The summed E-state index contributed by atoms with van der Waals surface area (Å²) in [6.45, 7) is 0.844. The Morgan fingerprint density at radius 3 is 2.43 bits per heavy atom. The highest BCUT2D eigenvalue weighted by molar-refractivity contribution is 6.09. The average molecular weight is 623 g/mol. The summed E-state index contributed by atoms with van der Waals surface area (Å²) in [6.07, 6.45) is -0.625. The third kappa shape index (κ3) is 8.94. The van der Waals surface area contributed by atoms with Gasteiger partial charge in [-0.3, -0.25) is 14.6 Å². The topological polar surface area (TPSA) is 132 Å². The van der Waals surface area contributed by atoms with E-state index in [1.807, 2.05) is 0 Å². The van der Waals surface area contributed by atoms with Gasteiger partial charge in [0.15, 0.2) is 11.6 Å². The van der Waals surface area contributed by atoms with Gasteiger partial charge in [0.2, 0.25) is 11.6 Å². The molecule has 2 aromatic carbocycles. The number of ether oxygens (including phenoxy) is 3. The molecule has 44 heavy (non-hydrogen) atoms. The number of halogens is 5. The van der Waals surface area contributed by atoms with Gasteiger partial charge in [-0.05, 0) is 55.3 Å². The van der Waals surface area contributed by atoms with Crippen molar-refractivity contribution in [2.75, 3.05) is 32.9 Å². The Labute approximate surface area is 247 Å². The number of benzene rings is 2. The van der Waals surface area contributed by atoms with Crippen LogP contribution in [-0.4, -0.2) is 66.2 Å². The number of fused-ring (bicyclic) bond motifs is 3. The van der Waals surface area contributed by atoms with Gasteiger partial charge in [0.05, 0.1) is 12.1 Å². The predicted octanol–water partition coefficient (Wildman–Crippen LogP) is 4.74. The molecular weight excluding hydrogens is 595 g/mol. The van der Waals surface area contributed by atoms with Gasteiger partial charge < -0.3 is 30.0 Å².